The first-order valence-electron chi connectivity index (χ1n) is 5.97. The topological polar surface area (TPSA) is 17.8 Å². The summed E-state index contributed by atoms with van der Waals surface area (Å²) in [6, 6.07) is 10.6. The van der Waals surface area contributed by atoms with E-state index in [9.17, 15) is 0 Å². The van der Waals surface area contributed by atoms with Crippen molar-refractivity contribution in [3.8, 4) is 0 Å². The fourth-order valence-electron chi connectivity index (χ4n) is 2.15. The number of hydrogen-bond donors (Lipinski definition) is 0. The summed E-state index contributed by atoms with van der Waals surface area (Å²) in [5.41, 5.74) is 2.17. The number of halogens is 2. The second kappa shape index (κ2) is 5.42. The summed E-state index contributed by atoms with van der Waals surface area (Å²) >= 11 is 10.3. The van der Waals surface area contributed by atoms with Crippen LogP contribution < -0.4 is 0 Å². The molecule has 0 amide bonds. The van der Waals surface area contributed by atoms with Gasteiger partial charge in [-0.05, 0) is 59.2 Å². The lowest BCUT2D eigenvalue weighted by molar-refractivity contribution is 0.750. The van der Waals surface area contributed by atoms with Crippen LogP contribution in [0.15, 0.2) is 35.7 Å². The number of fused-ring (bicyclic) bond motifs is 1. The fraction of sp³-hybridized carbons (Fsp3) is 0.214. The Bertz CT molecular complexity index is 704. The maximum Gasteiger partial charge on any atom is 0.128 e. The molecule has 3 aromatic rings. The Morgan fingerprint density at radius 3 is 2.95 bits per heavy atom. The number of benzene rings is 1. The van der Waals surface area contributed by atoms with Gasteiger partial charge in [0.15, 0.2) is 0 Å². The van der Waals surface area contributed by atoms with Crippen LogP contribution in [0.5, 0.6) is 0 Å². The smallest absolute Gasteiger partial charge is 0.128 e. The SMILES string of the molecule is CC(Cl)c1nc2cc(I)ccc2n1Cc1cccs1. The maximum absolute atomic E-state index is 6.28. The summed E-state index contributed by atoms with van der Waals surface area (Å²) < 4.78 is 3.41. The van der Waals surface area contributed by atoms with Gasteiger partial charge in [0.25, 0.3) is 0 Å². The van der Waals surface area contributed by atoms with E-state index in [-0.39, 0.29) is 5.38 Å². The molecule has 19 heavy (non-hydrogen) atoms. The van der Waals surface area contributed by atoms with Crippen LogP contribution in [0.2, 0.25) is 0 Å². The predicted octanol–water partition coefficient (Wildman–Crippen LogP) is 5.05. The van der Waals surface area contributed by atoms with Crippen molar-refractivity contribution in [2.45, 2.75) is 18.8 Å². The van der Waals surface area contributed by atoms with Gasteiger partial charge in [-0.2, -0.15) is 0 Å². The van der Waals surface area contributed by atoms with Gasteiger partial charge < -0.3 is 4.57 Å². The Labute approximate surface area is 134 Å². The molecule has 2 nitrogen and oxygen atoms in total. The van der Waals surface area contributed by atoms with Gasteiger partial charge in [0.2, 0.25) is 0 Å². The maximum atomic E-state index is 6.28. The van der Waals surface area contributed by atoms with Crippen molar-refractivity contribution in [1.29, 1.82) is 0 Å². The van der Waals surface area contributed by atoms with E-state index < -0.39 is 0 Å². The molecule has 0 bridgehead atoms. The van der Waals surface area contributed by atoms with Crippen molar-refractivity contribution in [3.05, 3.63) is 50.0 Å². The molecule has 1 unspecified atom stereocenters. The van der Waals surface area contributed by atoms with E-state index in [1.165, 1.54) is 8.45 Å². The molecular weight excluding hydrogens is 391 g/mol. The summed E-state index contributed by atoms with van der Waals surface area (Å²) in [7, 11) is 0. The normalized spacial score (nSPS) is 13.0. The Morgan fingerprint density at radius 1 is 1.42 bits per heavy atom. The number of rotatable bonds is 3. The van der Waals surface area contributed by atoms with E-state index in [0.29, 0.717) is 0 Å². The first-order valence-corrected chi connectivity index (χ1v) is 8.37. The molecule has 1 aromatic carbocycles. The van der Waals surface area contributed by atoms with Gasteiger partial charge in [-0.25, -0.2) is 4.98 Å². The molecule has 98 valence electrons. The minimum atomic E-state index is -0.0926. The van der Waals surface area contributed by atoms with E-state index in [1.54, 1.807) is 11.3 Å². The van der Waals surface area contributed by atoms with Crippen molar-refractivity contribution in [2.75, 3.05) is 0 Å². The Hall–Kier alpha value is -0.590. The molecule has 1 atom stereocenters. The summed E-state index contributed by atoms with van der Waals surface area (Å²) in [4.78, 5) is 6.00. The van der Waals surface area contributed by atoms with Crippen LogP contribution in [0.3, 0.4) is 0 Å². The van der Waals surface area contributed by atoms with Crippen LogP contribution >= 0.6 is 45.5 Å². The highest BCUT2D eigenvalue weighted by atomic mass is 127. The second-order valence-electron chi connectivity index (χ2n) is 4.38. The van der Waals surface area contributed by atoms with Crippen LogP contribution in [-0.4, -0.2) is 9.55 Å². The molecule has 0 N–H and O–H groups in total. The summed E-state index contributed by atoms with van der Waals surface area (Å²) in [6.45, 7) is 2.81. The van der Waals surface area contributed by atoms with Crippen molar-refractivity contribution >= 4 is 56.6 Å². The Morgan fingerprint density at radius 2 is 2.26 bits per heavy atom. The molecule has 0 aliphatic carbocycles. The Balaban J connectivity index is 2.16. The second-order valence-corrected chi connectivity index (χ2v) is 7.32. The zero-order valence-corrected chi connectivity index (χ0v) is 14.0. The summed E-state index contributed by atoms with van der Waals surface area (Å²) in [5.74, 6) is 0.937. The number of thiophene rings is 1. The van der Waals surface area contributed by atoms with Gasteiger partial charge in [0.05, 0.1) is 23.0 Å². The van der Waals surface area contributed by atoms with E-state index >= 15 is 0 Å². The molecule has 0 fully saturated rings. The lowest BCUT2D eigenvalue weighted by atomic mass is 10.3. The molecule has 0 aliphatic heterocycles. The average Bonchev–Trinajstić information content (AvgIpc) is 2.97. The van der Waals surface area contributed by atoms with E-state index in [1.807, 2.05) is 6.92 Å². The van der Waals surface area contributed by atoms with Gasteiger partial charge in [-0.15, -0.1) is 22.9 Å². The first kappa shape index (κ1) is 13.4. The number of alkyl halides is 1. The lowest BCUT2D eigenvalue weighted by Gasteiger charge is -2.09. The quantitative estimate of drug-likeness (QED) is 0.443. The monoisotopic (exact) mass is 402 g/mol. The van der Waals surface area contributed by atoms with Crippen molar-refractivity contribution in [2.24, 2.45) is 0 Å². The van der Waals surface area contributed by atoms with Crippen LogP contribution in [0.25, 0.3) is 11.0 Å². The van der Waals surface area contributed by atoms with Crippen LogP contribution in [0, 0.1) is 3.57 Å². The van der Waals surface area contributed by atoms with Crippen molar-refractivity contribution in [1.82, 2.24) is 9.55 Å². The lowest BCUT2D eigenvalue weighted by Crippen LogP contribution is -2.04. The first-order chi connectivity index (χ1) is 9.15. The van der Waals surface area contributed by atoms with Gasteiger partial charge in [-0.3, -0.25) is 0 Å². The van der Waals surface area contributed by atoms with Crippen LogP contribution in [-0.2, 0) is 6.54 Å². The third-order valence-corrected chi connectivity index (χ3v) is 4.72. The number of aromatic nitrogens is 2. The number of nitrogens with zero attached hydrogens (tertiary/aromatic N) is 2. The molecule has 2 heterocycles. The van der Waals surface area contributed by atoms with E-state index in [0.717, 1.165) is 23.4 Å². The largest absolute Gasteiger partial charge is 0.321 e. The molecule has 2 aromatic heterocycles. The standard InChI is InChI=1S/C14H12ClIN2S/c1-9(15)14-17-12-7-10(16)4-5-13(12)18(14)8-11-3-2-6-19-11/h2-7,9H,8H2,1H3. The molecule has 5 heteroatoms. The van der Waals surface area contributed by atoms with Gasteiger partial charge in [0.1, 0.15) is 5.82 Å². The number of imidazole rings is 1. The van der Waals surface area contributed by atoms with Gasteiger partial charge in [-0.1, -0.05) is 6.07 Å². The average molecular weight is 403 g/mol. The van der Waals surface area contributed by atoms with E-state index in [4.69, 9.17) is 11.6 Å². The van der Waals surface area contributed by atoms with Crippen molar-refractivity contribution < 1.29 is 0 Å². The predicted molar refractivity (Wildman–Crippen MR) is 90.1 cm³/mol. The molecule has 0 saturated carbocycles. The highest BCUT2D eigenvalue weighted by molar-refractivity contribution is 14.1. The van der Waals surface area contributed by atoms with Gasteiger partial charge in [0, 0.05) is 8.45 Å². The van der Waals surface area contributed by atoms with Crippen LogP contribution in [0.1, 0.15) is 23.0 Å². The third kappa shape index (κ3) is 2.66. The molecular formula is C14H12ClIN2S. The zero-order chi connectivity index (χ0) is 13.4. The Kier molecular flexibility index (Phi) is 3.82. The van der Waals surface area contributed by atoms with Crippen molar-refractivity contribution in [3.63, 3.8) is 0 Å². The third-order valence-electron chi connectivity index (χ3n) is 2.99. The number of hydrogen-bond acceptors (Lipinski definition) is 2. The minimum Gasteiger partial charge on any atom is -0.321 e. The minimum absolute atomic E-state index is 0.0926. The summed E-state index contributed by atoms with van der Waals surface area (Å²) in [6.07, 6.45) is 0. The zero-order valence-electron chi connectivity index (χ0n) is 10.3. The van der Waals surface area contributed by atoms with Crippen LogP contribution in [0.4, 0.5) is 0 Å². The molecule has 3 rings (SSSR count). The van der Waals surface area contributed by atoms with E-state index in [2.05, 4.69) is 67.9 Å². The fourth-order valence-corrected chi connectivity index (χ4v) is 3.48. The summed E-state index contributed by atoms with van der Waals surface area (Å²) in [5, 5.41) is 2.01. The molecule has 0 aliphatic rings. The molecule has 0 spiro atoms. The molecule has 0 saturated heterocycles. The molecule has 0 radical (unpaired) electrons. The highest BCUT2D eigenvalue weighted by Crippen LogP contribution is 2.27. The van der Waals surface area contributed by atoms with Gasteiger partial charge >= 0.3 is 0 Å². The highest BCUT2D eigenvalue weighted by Gasteiger charge is 2.15.